The number of nitrogens with zero attached hydrogens (tertiary/aromatic N) is 3. The van der Waals surface area contributed by atoms with Crippen LogP contribution >= 0.6 is 0 Å². The summed E-state index contributed by atoms with van der Waals surface area (Å²) in [6.45, 7) is 0.104. The molecule has 0 unspecified atom stereocenters. The van der Waals surface area contributed by atoms with Gasteiger partial charge in [-0.2, -0.15) is 5.26 Å². The van der Waals surface area contributed by atoms with Crippen LogP contribution in [0.1, 0.15) is 40.3 Å². The minimum absolute atomic E-state index is 0.0234. The van der Waals surface area contributed by atoms with Crippen molar-refractivity contribution >= 4 is 11.8 Å². The molecule has 0 atom stereocenters. The number of hydrogen-bond acceptors (Lipinski definition) is 5. The van der Waals surface area contributed by atoms with E-state index < -0.39 is 11.7 Å². The molecule has 0 saturated carbocycles. The number of aromatic amines is 1. The maximum absolute atomic E-state index is 13.8. The largest absolute Gasteiger partial charge is 0.366 e. The Hall–Kier alpha value is -4.06. The van der Waals surface area contributed by atoms with Gasteiger partial charge in [0.1, 0.15) is 17.7 Å². The molecule has 9 heteroatoms. The van der Waals surface area contributed by atoms with E-state index in [1.165, 1.54) is 18.3 Å². The maximum atomic E-state index is 13.8. The van der Waals surface area contributed by atoms with Gasteiger partial charge in [-0.1, -0.05) is 6.07 Å². The zero-order chi connectivity index (χ0) is 21.5. The van der Waals surface area contributed by atoms with E-state index in [4.69, 9.17) is 11.0 Å². The zero-order valence-electron chi connectivity index (χ0n) is 15.9. The summed E-state index contributed by atoms with van der Waals surface area (Å²) in [5, 5.41) is 11.5. The Morgan fingerprint density at radius 1 is 1.30 bits per heavy atom. The van der Waals surface area contributed by atoms with Gasteiger partial charge in [-0.15, -0.1) is 0 Å². The van der Waals surface area contributed by atoms with Crippen LogP contribution in [-0.4, -0.2) is 26.8 Å². The highest BCUT2D eigenvalue weighted by molar-refractivity contribution is 5.93. The molecule has 0 aliphatic rings. The van der Waals surface area contributed by atoms with Crippen molar-refractivity contribution in [3.63, 3.8) is 0 Å². The summed E-state index contributed by atoms with van der Waals surface area (Å²) >= 11 is 0. The van der Waals surface area contributed by atoms with Crippen LogP contribution in [-0.2, 0) is 11.3 Å². The molecule has 0 saturated heterocycles. The number of pyridine rings is 1. The topological polar surface area (TPSA) is 138 Å². The van der Waals surface area contributed by atoms with E-state index in [-0.39, 0.29) is 30.0 Å². The van der Waals surface area contributed by atoms with E-state index in [9.17, 15) is 14.0 Å². The highest BCUT2D eigenvalue weighted by atomic mass is 19.1. The first-order chi connectivity index (χ1) is 14.5. The summed E-state index contributed by atoms with van der Waals surface area (Å²) in [5.74, 6) is -0.868. The molecule has 151 valence electrons. The smallest absolute Gasteiger partial charge is 0.250 e. The van der Waals surface area contributed by atoms with Gasteiger partial charge < -0.3 is 16.0 Å². The van der Waals surface area contributed by atoms with Crippen molar-refractivity contribution in [1.29, 1.82) is 5.26 Å². The third-order valence-corrected chi connectivity index (χ3v) is 4.31. The summed E-state index contributed by atoms with van der Waals surface area (Å²) in [4.78, 5) is 34.7. The van der Waals surface area contributed by atoms with Crippen LogP contribution in [0, 0.1) is 23.6 Å². The van der Waals surface area contributed by atoms with E-state index in [0.717, 1.165) is 0 Å². The van der Waals surface area contributed by atoms with Crippen molar-refractivity contribution in [2.45, 2.75) is 19.4 Å². The predicted octanol–water partition coefficient (Wildman–Crippen LogP) is 2.23. The second-order valence-electron chi connectivity index (χ2n) is 6.37. The van der Waals surface area contributed by atoms with Crippen molar-refractivity contribution in [3.8, 4) is 17.3 Å². The van der Waals surface area contributed by atoms with Gasteiger partial charge >= 0.3 is 0 Å². The predicted molar refractivity (Wildman–Crippen MR) is 106 cm³/mol. The first-order valence-corrected chi connectivity index (χ1v) is 9.06. The number of hydrogen-bond donors (Lipinski definition) is 3. The van der Waals surface area contributed by atoms with Crippen LogP contribution < -0.4 is 11.1 Å². The first kappa shape index (κ1) is 20.7. The van der Waals surface area contributed by atoms with Gasteiger partial charge in [0, 0.05) is 24.6 Å². The third kappa shape index (κ3) is 5.05. The van der Waals surface area contributed by atoms with Gasteiger partial charge in [-0.25, -0.2) is 9.37 Å². The molecule has 2 heterocycles. The van der Waals surface area contributed by atoms with E-state index in [1.54, 1.807) is 36.9 Å². The average molecular weight is 405 g/mol. The van der Waals surface area contributed by atoms with Crippen LogP contribution in [0.15, 0.2) is 42.7 Å². The van der Waals surface area contributed by atoms with Gasteiger partial charge in [0.25, 0.3) is 5.91 Å². The number of imidazole rings is 1. The lowest BCUT2D eigenvalue weighted by atomic mass is 10.1. The van der Waals surface area contributed by atoms with Crippen LogP contribution in [0.5, 0.6) is 0 Å². The molecule has 3 rings (SSSR count). The Labute approximate surface area is 172 Å². The van der Waals surface area contributed by atoms with Gasteiger partial charge in [-0.05, 0) is 30.7 Å². The van der Waals surface area contributed by atoms with Crippen molar-refractivity contribution < 1.29 is 14.0 Å². The minimum Gasteiger partial charge on any atom is -0.366 e. The zero-order valence-corrected chi connectivity index (χ0v) is 15.9. The number of rotatable bonds is 8. The Balaban J connectivity index is 1.49. The summed E-state index contributed by atoms with van der Waals surface area (Å²) < 4.78 is 13.8. The van der Waals surface area contributed by atoms with Crippen LogP contribution in [0.25, 0.3) is 11.3 Å². The maximum Gasteiger partial charge on any atom is 0.250 e. The highest BCUT2D eigenvalue weighted by Crippen LogP contribution is 2.20. The molecule has 0 spiro atoms. The number of carbonyl (C=O) groups excluding carboxylic acids is 2. The van der Waals surface area contributed by atoms with Crippen molar-refractivity contribution in [2.75, 3.05) is 0 Å². The molecule has 0 fully saturated rings. The summed E-state index contributed by atoms with van der Waals surface area (Å²) in [5.41, 5.74) is 7.11. The average Bonchev–Trinajstić information content (AvgIpc) is 3.21. The summed E-state index contributed by atoms with van der Waals surface area (Å²) in [6, 6.07) is 9.23. The molecule has 1 aromatic carbocycles. The third-order valence-electron chi connectivity index (χ3n) is 4.31. The van der Waals surface area contributed by atoms with Crippen molar-refractivity contribution in [1.82, 2.24) is 20.3 Å². The van der Waals surface area contributed by atoms with E-state index in [2.05, 4.69) is 20.3 Å². The molecule has 2 amide bonds. The molecule has 30 heavy (non-hydrogen) atoms. The number of amides is 2. The van der Waals surface area contributed by atoms with E-state index in [1.807, 2.05) is 0 Å². The van der Waals surface area contributed by atoms with Crippen molar-refractivity contribution in [2.24, 2.45) is 5.73 Å². The lowest BCUT2D eigenvalue weighted by Crippen LogP contribution is -2.25. The molecule has 0 aliphatic carbocycles. The highest BCUT2D eigenvalue weighted by Gasteiger charge is 2.11. The second-order valence-corrected chi connectivity index (χ2v) is 6.37. The Morgan fingerprint density at radius 2 is 2.13 bits per heavy atom. The number of nitrogens with two attached hydrogens (primary N) is 1. The summed E-state index contributed by atoms with van der Waals surface area (Å²) in [6.07, 6.45) is 5.46. The second kappa shape index (κ2) is 9.43. The molecule has 2 aromatic heterocycles. The van der Waals surface area contributed by atoms with Crippen LogP contribution in [0.4, 0.5) is 4.39 Å². The fourth-order valence-electron chi connectivity index (χ4n) is 2.77. The standard InChI is InChI=1S/C21H18FN6O2/c22-16-9-13(6-7-14(16)10-23)17-11-26-19(28-17)4-1-5-20(29)27-12-18-15(21(24)30)3-2-8-25-18/h2-4,6-9,11H,1,5,12H2,(H2,24,30)(H,26,28)(H,27,29). The van der Waals surface area contributed by atoms with Gasteiger partial charge in [0.15, 0.2) is 0 Å². The number of carbonyl (C=O) groups is 2. The monoisotopic (exact) mass is 405 g/mol. The van der Waals surface area contributed by atoms with Crippen LogP contribution in [0.3, 0.4) is 0 Å². The SMILES string of the molecule is N#Cc1ccc(-c2cnc([CH]CCC(=O)NCc3ncccc3C(N)=O)[nH]2)cc1F. The lowest BCUT2D eigenvalue weighted by Gasteiger charge is -2.07. The van der Waals surface area contributed by atoms with Gasteiger partial charge in [-0.3, -0.25) is 14.6 Å². The molecule has 8 nitrogen and oxygen atoms in total. The summed E-state index contributed by atoms with van der Waals surface area (Å²) in [7, 11) is 0. The normalized spacial score (nSPS) is 10.4. The van der Waals surface area contributed by atoms with Crippen molar-refractivity contribution in [3.05, 3.63) is 77.6 Å². The number of H-pyrrole nitrogens is 1. The number of primary amides is 1. The fraction of sp³-hybridized carbons (Fsp3) is 0.143. The Morgan fingerprint density at radius 3 is 2.87 bits per heavy atom. The number of nitrogens with one attached hydrogen (secondary N) is 2. The number of nitriles is 1. The molecule has 1 radical (unpaired) electrons. The molecule has 3 aromatic rings. The van der Waals surface area contributed by atoms with Gasteiger partial charge in [0.05, 0.1) is 35.3 Å². The van der Waals surface area contributed by atoms with Crippen LogP contribution in [0.2, 0.25) is 0 Å². The lowest BCUT2D eigenvalue weighted by molar-refractivity contribution is -0.121. The molecule has 0 bridgehead atoms. The quantitative estimate of drug-likeness (QED) is 0.528. The van der Waals surface area contributed by atoms with E-state index >= 15 is 0 Å². The molecular formula is C21H18FN6O2. The Kier molecular flexibility index (Phi) is 6.49. The number of benzene rings is 1. The van der Waals surface area contributed by atoms with E-state index in [0.29, 0.717) is 29.2 Å². The number of aromatic nitrogens is 3. The van der Waals surface area contributed by atoms with Gasteiger partial charge in [0.2, 0.25) is 5.91 Å². The first-order valence-electron chi connectivity index (χ1n) is 9.06. The fourth-order valence-corrected chi connectivity index (χ4v) is 2.77. The Bertz CT molecular complexity index is 1120. The molecule has 0 aliphatic heterocycles. The molecular weight excluding hydrogens is 387 g/mol. The minimum atomic E-state index is -0.601. The molecule has 4 N–H and O–H groups in total. The number of halogens is 1.